The van der Waals surface area contributed by atoms with Gasteiger partial charge in [-0.25, -0.2) is 23.5 Å². The van der Waals surface area contributed by atoms with E-state index in [1.54, 1.807) is 123 Å². The summed E-state index contributed by atoms with van der Waals surface area (Å²) < 4.78 is 46.1. The second-order valence-corrected chi connectivity index (χ2v) is 24.0. The Balaban J connectivity index is 1.36. The lowest BCUT2D eigenvalue weighted by atomic mass is 9.84. The van der Waals surface area contributed by atoms with Crippen LogP contribution in [0.15, 0.2) is 170 Å². The van der Waals surface area contributed by atoms with Gasteiger partial charge in [-0.05, 0) is 70.0 Å². The maximum Gasteiger partial charge on any atom is 0.508 e. The van der Waals surface area contributed by atoms with Crippen LogP contribution in [0.3, 0.4) is 0 Å². The van der Waals surface area contributed by atoms with Crippen LogP contribution in [0.5, 0.6) is 0 Å². The minimum Gasteiger partial charge on any atom is -0.453 e. The van der Waals surface area contributed by atoms with Crippen LogP contribution in [-0.4, -0.2) is 100 Å². The number of nitrogens with one attached hydrogen (secondary N) is 3. The van der Waals surface area contributed by atoms with Crippen molar-refractivity contribution < 1.29 is 56.7 Å². The molecule has 6 aromatic rings. The quantitative estimate of drug-likeness (QED) is 0.0226. The van der Waals surface area contributed by atoms with E-state index < -0.39 is 79.1 Å². The smallest absolute Gasteiger partial charge is 0.453 e. The number of carbonyl (C=O) groups excluding carboxylic acids is 4. The Morgan fingerprint density at radius 1 is 0.634 bits per heavy atom. The summed E-state index contributed by atoms with van der Waals surface area (Å²) in [6.45, 7) is 11.0. The van der Waals surface area contributed by atoms with Crippen LogP contribution in [-0.2, 0) is 69.8 Å². The van der Waals surface area contributed by atoms with E-state index in [4.69, 9.17) is 23.0 Å². The van der Waals surface area contributed by atoms with Crippen molar-refractivity contribution in [1.29, 1.82) is 0 Å². The normalized spacial score (nSPS) is 15.1. The van der Waals surface area contributed by atoms with Crippen LogP contribution in [0, 0.1) is 10.8 Å². The Morgan fingerprint density at radius 3 is 1.68 bits per heavy atom. The molecule has 7 rings (SSSR count). The molecule has 1 aliphatic rings. The van der Waals surface area contributed by atoms with Gasteiger partial charge >= 0.3 is 26.1 Å². The van der Waals surface area contributed by atoms with Crippen molar-refractivity contribution in [2.75, 3.05) is 20.2 Å². The first-order valence-corrected chi connectivity index (χ1v) is 28.8. The predicted molar refractivity (Wildman–Crippen MR) is 311 cm³/mol. The summed E-state index contributed by atoms with van der Waals surface area (Å²) in [7, 11) is -3.88. The lowest BCUT2D eigenvalue weighted by Gasteiger charge is -2.43. The topological polar surface area (TPSA) is 224 Å². The number of urea groups is 1. The van der Waals surface area contributed by atoms with E-state index >= 15 is 9.36 Å². The number of alkyl carbamates (subject to hydrolysis) is 1. The monoisotopic (exact) mass is 1140 g/mol. The lowest BCUT2D eigenvalue weighted by Crippen LogP contribution is -2.63. The number of phosphoric acid groups is 1. The van der Waals surface area contributed by atoms with Crippen molar-refractivity contribution in [3.63, 3.8) is 0 Å². The van der Waals surface area contributed by atoms with Crippen LogP contribution in [0.4, 0.5) is 14.4 Å². The molecule has 0 aliphatic carbocycles. The number of ether oxygens (including phenoxy) is 2. The number of carboxylic acid groups (broad SMARTS) is 1. The van der Waals surface area contributed by atoms with Crippen molar-refractivity contribution in [3.05, 3.63) is 198 Å². The van der Waals surface area contributed by atoms with E-state index in [-0.39, 0.29) is 45.1 Å². The number of nitrogens with zero attached hydrogens (tertiary/aromatic N) is 3. The molecule has 0 radical (unpaired) electrons. The van der Waals surface area contributed by atoms with Gasteiger partial charge in [0.2, 0.25) is 17.6 Å². The third kappa shape index (κ3) is 17.6. The maximum atomic E-state index is 15.9. The van der Waals surface area contributed by atoms with Gasteiger partial charge < -0.3 is 40.3 Å². The minimum absolute atomic E-state index is 0.123. The molecule has 1 saturated heterocycles. The van der Waals surface area contributed by atoms with Crippen molar-refractivity contribution >= 4 is 37.9 Å². The van der Waals surface area contributed by atoms with Gasteiger partial charge in [0.05, 0.1) is 32.1 Å². The van der Waals surface area contributed by atoms with Crippen LogP contribution in [0.1, 0.15) is 82.2 Å². The molecule has 4 N–H and O–H groups in total. The summed E-state index contributed by atoms with van der Waals surface area (Å²) in [4.78, 5) is 78.9. The standard InChI is InChI=1S/C63H75N6O12P/c1-61(2,3)54(67-58(72)77-7)56(70)65-51(40-46-31-33-50(34-32-46)52-30-20-21-37-64-52)35-36-63(80-60(74)75,81-82(76,78-43-48-26-16-10-17-27-48)79-44-49-28-18-11-19-29-49)53(41-45-22-12-8-13-23-45)66-57(71)55(62(4,5)6)69-39-38-68(59(69)73)42-47-24-14-9-15-25-47/h8-34,37,51,53-55H,35-36,38-44H2,1-7H3,(H,65,70)(H,66,71)(H,67,72)(H,74,75)/t51-,53-,54+,55+,63-/m0/s1. The molecule has 2 heterocycles. The highest BCUT2D eigenvalue weighted by molar-refractivity contribution is 7.48. The number of amides is 5. The number of carbonyl (C=O) groups is 5. The highest BCUT2D eigenvalue weighted by atomic mass is 31.2. The van der Waals surface area contributed by atoms with E-state index in [1.165, 1.54) is 12.0 Å². The van der Waals surface area contributed by atoms with Crippen molar-refractivity contribution in [3.8, 4) is 11.3 Å². The molecular weight excluding hydrogens is 1060 g/mol. The predicted octanol–water partition coefficient (Wildman–Crippen LogP) is 11.4. The molecule has 0 unspecified atom stereocenters. The first kappa shape index (κ1) is 61.7. The molecule has 0 bridgehead atoms. The molecule has 1 aromatic heterocycles. The summed E-state index contributed by atoms with van der Waals surface area (Å²) in [5.41, 5.74) is 3.17. The SMILES string of the molecule is COC(=O)N[C@H](C(=O)N[C@@H](CC[C@](OC(=O)O)(OP(=O)(OCc1ccccc1)OCc1ccccc1)[C@H](Cc1ccccc1)NC(=O)[C@@H](N1CCN(Cc2ccccc2)C1=O)C(C)(C)C)Cc1ccc(-c2ccccn2)cc1)C(C)(C)C. The van der Waals surface area contributed by atoms with Gasteiger partial charge in [0, 0.05) is 43.9 Å². The zero-order valence-electron chi connectivity index (χ0n) is 47.6. The molecule has 5 atom stereocenters. The molecule has 0 spiro atoms. The highest BCUT2D eigenvalue weighted by Crippen LogP contribution is 2.56. The number of benzene rings is 5. The average Bonchev–Trinajstić information content (AvgIpc) is 3.94. The van der Waals surface area contributed by atoms with Crippen LogP contribution in [0.2, 0.25) is 0 Å². The minimum atomic E-state index is -5.07. The second-order valence-electron chi connectivity index (χ2n) is 22.4. The Hall–Kier alpha value is -7.89. The number of pyridine rings is 1. The fraction of sp³-hybridized carbons (Fsp3) is 0.365. The molecule has 19 heteroatoms. The van der Waals surface area contributed by atoms with E-state index in [0.717, 1.165) is 22.4 Å². The Bertz CT molecular complexity index is 3030. The molecule has 434 valence electrons. The fourth-order valence-electron chi connectivity index (χ4n) is 9.88. The zero-order valence-corrected chi connectivity index (χ0v) is 48.5. The summed E-state index contributed by atoms with van der Waals surface area (Å²) >= 11 is 0. The highest BCUT2D eigenvalue weighted by Gasteiger charge is 2.54. The van der Waals surface area contributed by atoms with Crippen molar-refractivity contribution in [1.82, 2.24) is 30.7 Å². The summed E-state index contributed by atoms with van der Waals surface area (Å²) in [5, 5.41) is 19.9. The summed E-state index contributed by atoms with van der Waals surface area (Å²) in [6.07, 6.45) is -1.78. The van der Waals surface area contributed by atoms with Crippen molar-refractivity contribution in [2.45, 2.75) is 117 Å². The average molecular weight is 1140 g/mol. The number of hydrogen-bond acceptors (Lipinski definition) is 12. The Labute approximate surface area is 480 Å². The Kier molecular flexibility index (Phi) is 21.2. The van der Waals surface area contributed by atoms with Gasteiger partial charge in [0.15, 0.2) is 0 Å². The molecule has 5 aromatic carbocycles. The summed E-state index contributed by atoms with van der Waals surface area (Å²) in [5.74, 6) is -3.97. The number of methoxy groups -OCH3 is 1. The summed E-state index contributed by atoms with van der Waals surface area (Å²) in [6, 6.07) is 44.0. The van der Waals surface area contributed by atoms with E-state index in [0.29, 0.717) is 29.8 Å². The van der Waals surface area contributed by atoms with Gasteiger partial charge in [-0.2, -0.15) is 0 Å². The van der Waals surface area contributed by atoms with Gasteiger partial charge in [-0.3, -0.25) is 23.6 Å². The van der Waals surface area contributed by atoms with Gasteiger partial charge in [-0.1, -0.05) is 193 Å². The van der Waals surface area contributed by atoms with E-state index in [9.17, 15) is 24.3 Å². The fourth-order valence-corrected chi connectivity index (χ4v) is 11.3. The van der Waals surface area contributed by atoms with Crippen molar-refractivity contribution in [2.24, 2.45) is 10.8 Å². The first-order chi connectivity index (χ1) is 39.1. The van der Waals surface area contributed by atoms with E-state index in [1.807, 2.05) is 93.6 Å². The molecular formula is C63H75N6O12P. The zero-order chi connectivity index (χ0) is 58.9. The van der Waals surface area contributed by atoms with Crippen LogP contribution < -0.4 is 16.0 Å². The molecule has 1 aliphatic heterocycles. The van der Waals surface area contributed by atoms with Gasteiger partial charge in [-0.15, -0.1) is 0 Å². The number of phosphoric ester groups is 1. The number of aromatic nitrogens is 1. The molecule has 0 saturated carbocycles. The van der Waals surface area contributed by atoms with Crippen LogP contribution in [0.25, 0.3) is 11.3 Å². The third-order valence-corrected chi connectivity index (χ3v) is 15.4. The largest absolute Gasteiger partial charge is 0.508 e. The van der Waals surface area contributed by atoms with Gasteiger partial charge in [0.1, 0.15) is 12.1 Å². The Morgan fingerprint density at radius 2 is 1.17 bits per heavy atom. The number of rotatable bonds is 26. The second kappa shape index (κ2) is 28.2. The first-order valence-electron chi connectivity index (χ1n) is 27.3. The molecule has 18 nitrogen and oxygen atoms in total. The molecule has 5 amide bonds. The number of hydrogen-bond donors (Lipinski definition) is 4. The lowest BCUT2D eigenvalue weighted by molar-refractivity contribution is -0.194. The van der Waals surface area contributed by atoms with E-state index in [2.05, 4.69) is 20.9 Å². The van der Waals surface area contributed by atoms with Crippen LogP contribution >= 0.6 is 7.82 Å². The third-order valence-electron chi connectivity index (χ3n) is 14.0. The van der Waals surface area contributed by atoms with Gasteiger partial charge in [0.25, 0.3) is 0 Å². The maximum absolute atomic E-state index is 15.9. The molecule has 82 heavy (non-hydrogen) atoms. The molecule has 1 fully saturated rings.